The number of hydrogen-bond donors (Lipinski definition) is 1. The molecule has 1 aromatic heterocycles. The van der Waals surface area contributed by atoms with Crippen molar-refractivity contribution in [3.63, 3.8) is 0 Å². The fourth-order valence-electron chi connectivity index (χ4n) is 7.25. The molecule has 0 spiro atoms. The third-order valence-corrected chi connectivity index (χ3v) is 9.94. The fraction of sp³-hybridized carbons (Fsp3) is 0.415. The number of fused-ring (bicyclic) bond motifs is 1. The van der Waals surface area contributed by atoms with Crippen LogP contribution >= 0.6 is 11.6 Å². The average Bonchev–Trinajstić information content (AvgIpc) is 3.89. The Labute approximate surface area is 304 Å². The second-order valence-electron chi connectivity index (χ2n) is 15.7. The van der Waals surface area contributed by atoms with Gasteiger partial charge in [0.15, 0.2) is 0 Å². The van der Waals surface area contributed by atoms with Gasteiger partial charge in [-0.3, -0.25) is 9.80 Å². The third-order valence-electron chi connectivity index (χ3n) is 9.62. The van der Waals surface area contributed by atoms with E-state index < -0.39 is 11.2 Å². The summed E-state index contributed by atoms with van der Waals surface area (Å²) in [4.78, 5) is 42.2. The first-order chi connectivity index (χ1) is 24.2. The van der Waals surface area contributed by atoms with Crippen molar-refractivity contribution in [1.29, 1.82) is 0 Å². The van der Waals surface area contributed by atoms with Crippen LogP contribution in [0.2, 0.25) is 0 Å². The van der Waals surface area contributed by atoms with Crippen molar-refractivity contribution in [1.82, 2.24) is 19.8 Å². The minimum atomic E-state index is -0.548. The van der Waals surface area contributed by atoms with Crippen molar-refractivity contribution >= 4 is 45.8 Å². The SMILES string of the molecule is CC(C)(C)OC(=O)N1CCCC1c1ncc(-c2ccc3cc(-c4ccc(C5=C(Cl)N=C([C@@H]6CCCN6C(=O)OC(C)(C)C)C5)cc4)ccc3c2)[nH]1. The number of carbonyl (C=O) groups is 2. The lowest BCUT2D eigenvalue weighted by Gasteiger charge is -2.28. The number of imidazole rings is 1. The lowest BCUT2D eigenvalue weighted by Crippen LogP contribution is -2.43. The molecule has 0 radical (unpaired) electrons. The highest BCUT2D eigenvalue weighted by Crippen LogP contribution is 2.38. The van der Waals surface area contributed by atoms with E-state index in [4.69, 9.17) is 26.1 Å². The van der Waals surface area contributed by atoms with Gasteiger partial charge in [-0.1, -0.05) is 60.1 Å². The second kappa shape index (κ2) is 13.5. The Morgan fingerprint density at radius 1 is 0.745 bits per heavy atom. The van der Waals surface area contributed by atoms with Gasteiger partial charge in [0.1, 0.15) is 22.2 Å². The Bertz CT molecular complexity index is 2040. The number of nitrogens with zero attached hydrogens (tertiary/aromatic N) is 4. The number of aromatic nitrogens is 2. The van der Waals surface area contributed by atoms with Gasteiger partial charge < -0.3 is 14.5 Å². The van der Waals surface area contributed by atoms with E-state index in [0.717, 1.165) is 81.5 Å². The lowest BCUT2D eigenvalue weighted by molar-refractivity contribution is 0.0216. The molecular formula is C41H46ClN5O4. The molecule has 2 fully saturated rings. The monoisotopic (exact) mass is 707 g/mol. The van der Waals surface area contributed by atoms with Gasteiger partial charge >= 0.3 is 12.2 Å². The number of nitrogens with one attached hydrogen (secondary N) is 1. The largest absolute Gasteiger partial charge is 0.444 e. The molecule has 10 heteroatoms. The number of rotatable bonds is 5. The van der Waals surface area contributed by atoms with Crippen LogP contribution in [0.1, 0.15) is 91.1 Å². The number of hydrogen-bond acceptors (Lipinski definition) is 6. The molecule has 0 bridgehead atoms. The molecule has 1 unspecified atom stereocenters. The predicted molar refractivity (Wildman–Crippen MR) is 203 cm³/mol. The number of halogens is 1. The summed E-state index contributed by atoms with van der Waals surface area (Å²) in [6.07, 6.45) is 5.41. The highest BCUT2D eigenvalue weighted by atomic mass is 35.5. The molecule has 9 nitrogen and oxygen atoms in total. The number of aromatic amines is 1. The summed E-state index contributed by atoms with van der Waals surface area (Å²) in [6, 6.07) is 21.1. The molecule has 2 amide bonds. The maximum Gasteiger partial charge on any atom is 0.410 e. The Kier molecular flexibility index (Phi) is 9.21. The van der Waals surface area contributed by atoms with Crippen molar-refractivity contribution in [3.05, 3.63) is 83.4 Å². The Morgan fingerprint density at radius 3 is 1.90 bits per heavy atom. The Balaban J connectivity index is 1.02. The van der Waals surface area contributed by atoms with Crippen LogP contribution in [0.4, 0.5) is 9.59 Å². The van der Waals surface area contributed by atoms with Gasteiger partial charge in [-0.05, 0) is 107 Å². The van der Waals surface area contributed by atoms with Crippen LogP contribution in [0.15, 0.2) is 77.0 Å². The van der Waals surface area contributed by atoms with Crippen LogP contribution in [-0.4, -0.2) is 68.0 Å². The van der Waals surface area contributed by atoms with Crippen LogP contribution in [0.3, 0.4) is 0 Å². The molecule has 4 aromatic rings. The van der Waals surface area contributed by atoms with Gasteiger partial charge in [0, 0.05) is 36.4 Å². The van der Waals surface area contributed by atoms with E-state index in [1.165, 1.54) is 0 Å². The molecule has 266 valence electrons. The number of ether oxygens (including phenoxy) is 2. The molecule has 3 aromatic carbocycles. The van der Waals surface area contributed by atoms with E-state index in [0.29, 0.717) is 24.7 Å². The topological polar surface area (TPSA) is 100 Å². The van der Waals surface area contributed by atoms with Crippen LogP contribution in [0.5, 0.6) is 0 Å². The third kappa shape index (κ3) is 7.54. The van der Waals surface area contributed by atoms with Gasteiger partial charge in [0.2, 0.25) is 0 Å². The average molecular weight is 708 g/mol. The maximum atomic E-state index is 12.9. The van der Waals surface area contributed by atoms with E-state index in [9.17, 15) is 9.59 Å². The summed E-state index contributed by atoms with van der Waals surface area (Å²) in [6.45, 7) is 12.6. The highest BCUT2D eigenvalue weighted by Gasteiger charge is 2.38. The molecule has 3 aliphatic heterocycles. The van der Waals surface area contributed by atoms with Crippen molar-refractivity contribution in [2.45, 2.75) is 96.9 Å². The molecule has 2 atom stereocenters. The van der Waals surface area contributed by atoms with E-state index >= 15 is 0 Å². The molecule has 0 aliphatic carbocycles. The van der Waals surface area contributed by atoms with Crippen molar-refractivity contribution in [2.24, 2.45) is 4.99 Å². The van der Waals surface area contributed by atoms with Gasteiger partial charge in [0.05, 0.1) is 24.0 Å². The van der Waals surface area contributed by atoms with E-state index in [-0.39, 0.29) is 24.3 Å². The summed E-state index contributed by atoms with van der Waals surface area (Å²) < 4.78 is 11.3. The van der Waals surface area contributed by atoms with Crippen LogP contribution in [0, 0.1) is 0 Å². The summed E-state index contributed by atoms with van der Waals surface area (Å²) in [5.74, 6) is 0.783. The number of H-pyrrole nitrogens is 1. The summed E-state index contributed by atoms with van der Waals surface area (Å²) >= 11 is 6.70. The smallest absolute Gasteiger partial charge is 0.410 e. The molecule has 2 saturated heterocycles. The Morgan fingerprint density at radius 2 is 1.27 bits per heavy atom. The predicted octanol–water partition coefficient (Wildman–Crippen LogP) is 10.1. The van der Waals surface area contributed by atoms with E-state index in [1.54, 1.807) is 9.80 Å². The zero-order valence-electron chi connectivity index (χ0n) is 30.3. The zero-order chi connectivity index (χ0) is 36.1. The fourth-order valence-corrected chi connectivity index (χ4v) is 7.54. The molecule has 7 rings (SSSR count). The maximum absolute atomic E-state index is 12.9. The number of allylic oxidation sites excluding steroid dienone is 1. The first kappa shape index (κ1) is 34.8. The molecule has 51 heavy (non-hydrogen) atoms. The van der Waals surface area contributed by atoms with E-state index in [2.05, 4.69) is 70.6 Å². The van der Waals surface area contributed by atoms with E-state index in [1.807, 2.05) is 47.7 Å². The van der Waals surface area contributed by atoms with Gasteiger partial charge in [0.25, 0.3) is 0 Å². The van der Waals surface area contributed by atoms with Gasteiger partial charge in [-0.2, -0.15) is 0 Å². The number of aliphatic imine (C=N–C) groups is 1. The minimum Gasteiger partial charge on any atom is -0.444 e. The number of carbonyl (C=O) groups excluding carboxylic acids is 2. The van der Waals surface area contributed by atoms with Crippen molar-refractivity contribution in [2.75, 3.05) is 13.1 Å². The van der Waals surface area contributed by atoms with Crippen molar-refractivity contribution < 1.29 is 19.1 Å². The first-order valence-electron chi connectivity index (χ1n) is 17.9. The molecule has 3 aliphatic rings. The van der Waals surface area contributed by atoms with Crippen molar-refractivity contribution in [3.8, 4) is 22.4 Å². The van der Waals surface area contributed by atoms with Crippen LogP contribution in [-0.2, 0) is 9.47 Å². The summed E-state index contributed by atoms with van der Waals surface area (Å²) in [5, 5.41) is 2.75. The summed E-state index contributed by atoms with van der Waals surface area (Å²) in [7, 11) is 0. The number of amides is 2. The lowest BCUT2D eigenvalue weighted by atomic mass is 9.95. The van der Waals surface area contributed by atoms with Crippen LogP contribution in [0.25, 0.3) is 38.7 Å². The minimum absolute atomic E-state index is 0.0966. The molecule has 1 N–H and O–H groups in total. The van der Waals surface area contributed by atoms with Gasteiger partial charge in [-0.25, -0.2) is 19.6 Å². The second-order valence-corrected chi connectivity index (χ2v) is 16.1. The normalized spacial score (nSPS) is 19.6. The number of likely N-dealkylation sites (tertiary alicyclic amines) is 2. The Hall–Kier alpha value is -4.63. The number of benzene rings is 3. The first-order valence-corrected chi connectivity index (χ1v) is 18.3. The molecule has 0 saturated carbocycles. The van der Waals surface area contributed by atoms with Gasteiger partial charge in [-0.15, -0.1) is 0 Å². The molecular weight excluding hydrogens is 662 g/mol. The highest BCUT2D eigenvalue weighted by molar-refractivity contribution is 6.35. The quantitative estimate of drug-likeness (QED) is 0.208. The zero-order valence-corrected chi connectivity index (χ0v) is 31.0. The van der Waals surface area contributed by atoms with Crippen LogP contribution < -0.4 is 0 Å². The molecule has 4 heterocycles. The standard InChI is InChI=1S/C41H46ClN5O4/c1-40(2,3)50-38(48)46-19-7-9-34(46)32-23-31(36(42)44-32)26-13-11-25(12-14-26)27-15-16-29-22-30(18-17-28(29)21-27)33-24-43-37(45-33)35-10-8-20-47(35)39(49)51-41(4,5)6/h11-18,21-22,24,34-35H,7-10,19-20,23H2,1-6H3,(H,43,45)/t34-,35?/m0/s1. The summed E-state index contributed by atoms with van der Waals surface area (Å²) in [5.41, 5.74) is 6.02.